The zero-order valence-corrected chi connectivity index (χ0v) is 13.5. The van der Waals surface area contributed by atoms with Gasteiger partial charge < -0.3 is 10.4 Å². The van der Waals surface area contributed by atoms with E-state index < -0.39 is 6.10 Å². The van der Waals surface area contributed by atoms with Crippen LogP contribution in [-0.2, 0) is 0 Å². The zero-order chi connectivity index (χ0) is 16.1. The highest BCUT2D eigenvalue weighted by molar-refractivity contribution is 7.13. The minimum Gasteiger partial charge on any atom is -0.387 e. The van der Waals surface area contributed by atoms with E-state index in [-0.39, 0.29) is 5.91 Å². The highest BCUT2D eigenvalue weighted by atomic mass is 32.1. The fourth-order valence-corrected chi connectivity index (χ4v) is 2.96. The number of nitrogens with zero attached hydrogens (tertiary/aromatic N) is 3. The van der Waals surface area contributed by atoms with Crippen LogP contribution in [0.1, 0.15) is 22.0 Å². The molecular weight excluding hydrogens is 334 g/mol. The molecule has 1 atom stereocenters. The Bertz CT molecular complexity index is 744. The SMILES string of the molecule is O=C(Nc1nncs1)c1ccc(NCC(O)c2ccsc2)nc1. The van der Waals surface area contributed by atoms with Crippen molar-refractivity contribution in [3.63, 3.8) is 0 Å². The number of carbonyl (C=O) groups excluding carboxylic acids is 1. The molecule has 0 spiro atoms. The molecule has 0 bridgehead atoms. The third-order valence-electron chi connectivity index (χ3n) is 3.01. The number of carbonyl (C=O) groups is 1. The monoisotopic (exact) mass is 347 g/mol. The summed E-state index contributed by atoms with van der Waals surface area (Å²) < 4.78 is 0. The van der Waals surface area contributed by atoms with Crippen molar-refractivity contribution in [1.82, 2.24) is 15.2 Å². The van der Waals surface area contributed by atoms with Gasteiger partial charge in [-0.3, -0.25) is 10.1 Å². The van der Waals surface area contributed by atoms with Crippen molar-refractivity contribution >= 4 is 39.5 Å². The van der Waals surface area contributed by atoms with E-state index in [1.807, 2.05) is 16.8 Å². The number of rotatable bonds is 6. The second kappa shape index (κ2) is 7.27. The fraction of sp³-hybridized carbons (Fsp3) is 0.143. The molecule has 1 amide bonds. The maximum Gasteiger partial charge on any atom is 0.259 e. The number of pyridine rings is 1. The molecule has 1 unspecified atom stereocenters. The maximum absolute atomic E-state index is 12.0. The first-order valence-corrected chi connectivity index (χ1v) is 8.52. The lowest BCUT2D eigenvalue weighted by Gasteiger charge is -2.11. The number of aliphatic hydroxyl groups excluding tert-OH is 1. The second-order valence-electron chi connectivity index (χ2n) is 4.58. The molecule has 7 nitrogen and oxygen atoms in total. The Balaban J connectivity index is 1.55. The Kier molecular flexibility index (Phi) is 4.91. The van der Waals surface area contributed by atoms with Crippen molar-refractivity contribution in [3.05, 3.63) is 51.8 Å². The molecular formula is C14H13N5O2S2. The molecule has 23 heavy (non-hydrogen) atoms. The highest BCUT2D eigenvalue weighted by Crippen LogP contribution is 2.17. The molecule has 3 heterocycles. The van der Waals surface area contributed by atoms with Crippen LogP contribution >= 0.6 is 22.7 Å². The van der Waals surface area contributed by atoms with Crippen LogP contribution in [0.4, 0.5) is 10.9 Å². The second-order valence-corrected chi connectivity index (χ2v) is 6.20. The maximum atomic E-state index is 12.0. The van der Waals surface area contributed by atoms with Crippen LogP contribution in [0.15, 0.2) is 40.7 Å². The van der Waals surface area contributed by atoms with Crippen LogP contribution in [0, 0.1) is 0 Å². The van der Waals surface area contributed by atoms with Gasteiger partial charge in [0.1, 0.15) is 11.3 Å². The molecule has 3 N–H and O–H groups in total. The summed E-state index contributed by atoms with van der Waals surface area (Å²) in [6.07, 6.45) is 0.874. The van der Waals surface area contributed by atoms with Gasteiger partial charge in [0, 0.05) is 12.7 Å². The Morgan fingerprint density at radius 2 is 2.26 bits per heavy atom. The van der Waals surface area contributed by atoms with E-state index in [0.717, 1.165) is 5.56 Å². The number of amides is 1. The van der Waals surface area contributed by atoms with E-state index in [0.29, 0.717) is 23.1 Å². The van der Waals surface area contributed by atoms with E-state index >= 15 is 0 Å². The molecule has 0 fully saturated rings. The van der Waals surface area contributed by atoms with Gasteiger partial charge >= 0.3 is 0 Å². The molecule has 9 heteroatoms. The molecule has 0 aliphatic rings. The number of nitrogens with one attached hydrogen (secondary N) is 2. The Morgan fingerprint density at radius 1 is 1.35 bits per heavy atom. The minimum absolute atomic E-state index is 0.292. The van der Waals surface area contributed by atoms with E-state index in [1.54, 1.807) is 17.6 Å². The smallest absolute Gasteiger partial charge is 0.259 e. The molecule has 3 aromatic heterocycles. The molecule has 0 saturated carbocycles. The molecule has 0 radical (unpaired) electrons. The van der Waals surface area contributed by atoms with E-state index in [1.165, 1.54) is 28.9 Å². The average molecular weight is 347 g/mol. The predicted molar refractivity (Wildman–Crippen MR) is 89.9 cm³/mol. The number of aromatic nitrogens is 3. The van der Waals surface area contributed by atoms with Gasteiger partial charge in [0.2, 0.25) is 5.13 Å². The number of hydrogen-bond acceptors (Lipinski definition) is 8. The summed E-state index contributed by atoms with van der Waals surface area (Å²) in [4.78, 5) is 16.1. The Labute approximate surface area is 140 Å². The van der Waals surface area contributed by atoms with Gasteiger partial charge in [-0.25, -0.2) is 4.98 Å². The van der Waals surface area contributed by atoms with Gasteiger partial charge in [-0.15, -0.1) is 10.2 Å². The summed E-state index contributed by atoms with van der Waals surface area (Å²) in [6.45, 7) is 0.347. The lowest BCUT2D eigenvalue weighted by Crippen LogP contribution is -2.14. The van der Waals surface area contributed by atoms with Crippen LogP contribution in [-0.4, -0.2) is 32.7 Å². The summed E-state index contributed by atoms with van der Waals surface area (Å²) in [7, 11) is 0. The van der Waals surface area contributed by atoms with Gasteiger partial charge in [0.05, 0.1) is 11.7 Å². The van der Waals surface area contributed by atoms with Crippen LogP contribution in [0.25, 0.3) is 0 Å². The van der Waals surface area contributed by atoms with Gasteiger partial charge in [0.25, 0.3) is 5.91 Å². The van der Waals surface area contributed by atoms with Crippen molar-refractivity contribution in [1.29, 1.82) is 0 Å². The number of thiophene rings is 1. The zero-order valence-electron chi connectivity index (χ0n) is 11.8. The third-order valence-corrected chi connectivity index (χ3v) is 4.32. The summed E-state index contributed by atoms with van der Waals surface area (Å²) in [5, 5.41) is 27.3. The fourth-order valence-electron chi connectivity index (χ4n) is 1.81. The van der Waals surface area contributed by atoms with Gasteiger partial charge in [-0.2, -0.15) is 11.3 Å². The minimum atomic E-state index is -0.594. The first-order valence-electron chi connectivity index (χ1n) is 6.70. The van der Waals surface area contributed by atoms with Crippen LogP contribution in [0.2, 0.25) is 0 Å². The van der Waals surface area contributed by atoms with E-state index in [2.05, 4.69) is 25.8 Å². The average Bonchev–Trinajstić information content (AvgIpc) is 3.26. The van der Waals surface area contributed by atoms with Crippen molar-refractivity contribution in [2.45, 2.75) is 6.10 Å². The lowest BCUT2D eigenvalue weighted by molar-refractivity contribution is 0.102. The molecule has 118 valence electrons. The lowest BCUT2D eigenvalue weighted by atomic mass is 10.2. The topological polar surface area (TPSA) is 100 Å². The van der Waals surface area contributed by atoms with E-state index in [4.69, 9.17) is 0 Å². The number of hydrogen-bond donors (Lipinski definition) is 3. The Morgan fingerprint density at radius 3 is 2.91 bits per heavy atom. The van der Waals surface area contributed by atoms with E-state index in [9.17, 15) is 9.90 Å². The number of anilines is 2. The first kappa shape index (κ1) is 15.5. The Hall–Kier alpha value is -2.36. The first-order chi connectivity index (χ1) is 11.2. The molecule has 0 saturated heterocycles. The standard InChI is InChI=1S/C14H13N5O2S2/c20-11(10-3-4-22-7-10)6-16-12-2-1-9(5-15-12)13(21)18-14-19-17-8-23-14/h1-5,7-8,11,20H,6H2,(H,15,16)(H,18,19,21). The van der Waals surface area contributed by atoms with Crippen molar-refractivity contribution in [2.75, 3.05) is 17.2 Å². The van der Waals surface area contributed by atoms with Gasteiger partial charge in [-0.1, -0.05) is 11.3 Å². The third kappa shape index (κ3) is 4.09. The molecule has 0 aliphatic carbocycles. The molecule has 3 aromatic rings. The van der Waals surface area contributed by atoms with Gasteiger partial charge in [-0.05, 0) is 34.5 Å². The van der Waals surface area contributed by atoms with Gasteiger partial charge in [0.15, 0.2) is 0 Å². The van der Waals surface area contributed by atoms with Crippen molar-refractivity contribution < 1.29 is 9.90 Å². The highest BCUT2D eigenvalue weighted by Gasteiger charge is 2.10. The van der Waals surface area contributed by atoms with Crippen LogP contribution in [0.5, 0.6) is 0 Å². The van der Waals surface area contributed by atoms with Crippen LogP contribution < -0.4 is 10.6 Å². The normalized spacial score (nSPS) is 11.9. The summed E-state index contributed by atoms with van der Waals surface area (Å²) in [5.74, 6) is 0.297. The predicted octanol–water partition coefficient (Wildman–Crippen LogP) is 2.39. The summed E-state index contributed by atoms with van der Waals surface area (Å²) in [5.41, 5.74) is 2.83. The van der Waals surface area contributed by atoms with Crippen molar-refractivity contribution in [3.8, 4) is 0 Å². The van der Waals surface area contributed by atoms with Crippen molar-refractivity contribution in [2.24, 2.45) is 0 Å². The summed E-state index contributed by atoms with van der Waals surface area (Å²) in [6, 6.07) is 5.23. The quantitative estimate of drug-likeness (QED) is 0.633. The molecule has 3 rings (SSSR count). The molecule has 0 aromatic carbocycles. The summed E-state index contributed by atoms with van der Waals surface area (Å²) >= 11 is 2.78. The van der Waals surface area contributed by atoms with Crippen LogP contribution in [0.3, 0.4) is 0 Å². The largest absolute Gasteiger partial charge is 0.387 e. The number of aliphatic hydroxyl groups is 1. The molecule has 0 aliphatic heterocycles.